The fourth-order valence-corrected chi connectivity index (χ4v) is 1.35. The lowest BCUT2D eigenvalue weighted by molar-refractivity contribution is -0.0290. The summed E-state index contributed by atoms with van der Waals surface area (Å²) >= 11 is 0. The highest BCUT2D eigenvalue weighted by Gasteiger charge is 2.37. The van der Waals surface area contributed by atoms with E-state index in [2.05, 4.69) is 20.8 Å². The summed E-state index contributed by atoms with van der Waals surface area (Å²) < 4.78 is 5.40. The molecule has 60 valence electrons. The van der Waals surface area contributed by atoms with Crippen molar-refractivity contribution < 1.29 is 4.74 Å². The van der Waals surface area contributed by atoms with E-state index >= 15 is 0 Å². The molecular weight excluding hydrogens is 124 g/mol. The number of hydrogen-bond acceptors (Lipinski definition) is 1. The van der Waals surface area contributed by atoms with Gasteiger partial charge in [-0.15, -0.1) is 0 Å². The molecule has 1 heteroatoms. The van der Waals surface area contributed by atoms with Crippen LogP contribution in [-0.4, -0.2) is 12.7 Å². The molecule has 1 nitrogen and oxygen atoms in total. The highest BCUT2D eigenvalue weighted by molar-refractivity contribution is 4.88. The van der Waals surface area contributed by atoms with Gasteiger partial charge < -0.3 is 4.74 Å². The molecule has 0 amide bonds. The van der Waals surface area contributed by atoms with E-state index in [0.29, 0.717) is 0 Å². The predicted molar refractivity (Wildman–Crippen MR) is 43.0 cm³/mol. The lowest BCUT2D eigenvalue weighted by Gasteiger charge is -2.30. The molecule has 0 aromatic carbocycles. The van der Waals surface area contributed by atoms with E-state index in [0.717, 1.165) is 11.8 Å². The first kappa shape index (κ1) is 8.06. The molecule has 0 heterocycles. The summed E-state index contributed by atoms with van der Waals surface area (Å²) in [5, 5.41) is 0. The van der Waals surface area contributed by atoms with Gasteiger partial charge in [-0.25, -0.2) is 0 Å². The first-order chi connectivity index (χ1) is 4.58. The Labute approximate surface area is 63.8 Å². The molecule has 1 aliphatic rings. The molecule has 1 aliphatic carbocycles. The van der Waals surface area contributed by atoms with Gasteiger partial charge in [0, 0.05) is 7.11 Å². The van der Waals surface area contributed by atoms with Crippen molar-refractivity contribution in [2.75, 3.05) is 7.11 Å². The maximum atomic E-state index is 5.40. The molecule has 0 saturated heterocycles. The third kappa shape index (κ3) is 1.51. The van der Waals surface area contributed by atoms with E-state index < -0.39 is 0 Å². The van der Waals surface area contributed by atoms with Crippen molar-refractivity contribution in [2.24, 2.45) is 11.8 Å². The summed E-state index contributed by atoms with van der Waals surface area (Å²) in [5.41, 5.74) is 0.0845. The average Bonchev–Trinajstić information content (AvgIpc) is 2.68. The van der Waals surface area contributed by atoms with Gasteiger partial charge in [-0.3, -0.25) is 0 Å². The van der Waals surface area contributed by atoms with Crippen LogP contribution in [0.25, 0.3) is 0 Å². The third-order valence-electron chi connectivity index (χ3n) is 2.95. The number of methoxy groups -OCH3 is 1. The molecule has 1 atom stereocenters. The minimum atomic E-state index is 0.0845. The van der Waals surface area contributed by atoms with Crippen molar-refractivity contribution in [3.05, 3.63) is 0 Å². The topological polar surface area (TPSA) is 9.23 Å². The molecule has 0 aliphatic heterocycles. The Morgan fingerprint density at radius 1 is 1.40 bits per heavy atom. The molecule has 1 unspecified atom stereocenters. The quantitative estimate of drug-likeness (QED) is 0.588. The van der Waals surface area contributed by atoms with Gasteiger partial charge in [0.25, 0.3) is 0 Å². The predicted octanol–water partition coefficient (Wildman–Crippen LogP) is 2.46. The minimum absolute atomic E-state index is 0.0845. The summed E-state index contributed by atoms with van der Waals surface area (Å²) in [5.74, 6) is 1.66. The Morgan fingerprint density at radius 2 is 1.90 bits per heavy atom. The minimum Gasteiger partial charge on any atom is -0.379 e. The van der Waals surface area contributed by atoms with Crippen molar-refractivity contribution >= 4 is 0 Å². The van der Waals surface area contributed by atoms with Crippen molar-refractivity contribution in [3.63, 3.8) is 0 Å². The van der Waals surface area contributed by atoms with Gasteiger partial charge >= 0.3 is 0 Å². The molecule has 0 aromatic rings. The maximum Gasteiger partial charge on any atom is 0.0650 e. The fraction of sp³-hybridized carbons (Fsp3) is 1.00. The number of hydrogen-bond donors (Lipinski definition) is 0. The van der Waals surface area contributed by atoms with Crippen LogP contribution in [-0.2, 0) is 4.74 Å². The molecule has 1 fully saturated rings. The van der Waals surface area contributed by atoms with Gasteiger partial charge in [0.05, 0.1) is 5.60 Å². The highest BCUT2D eigenvalue weighted by atomic mass is 16.5. The summed E-state index contributed by atoms with van der Waals surface area (Å²) in [6, 6.07) is 0. The Morgan fingerprint density at radius 3 is 2.20 bits per heavy atom. The summed E-state index contributed by atoms with van der Waals surface area (Å²) in [6.07, 6.45) is 2.82. The van der Waals surface area contributed by atoms with Crippen molar-refractivity contribution in [1.82, 2.24) is 0 Å². The van der Waals surface area contributed by atoms with Crippen LogP contribution in [0.1, 0.15) is 33.6 Å². The van der Waals surface area contributed by atoms with E-state index in [1.165, 1.54) is 12.8 Å². The van der Waals surface area contributed by atoms with Gasteiger partial charge in [-0.05, 0) is 38.5 Å². The molecule has 0 radical (unpaired) electrons. The second kappa shape index (κ2) is 2.54. The monoisotopic (exact) mass is 142 g/mol. The largest absolute Gasteiger partial charge is 0.379 e. The summed E-state index contributed by atoms with van der Waals surface area (Å²) in [4.78, 5) is 0. The van der Waals surface area contributed by atoms with E-state index in [4.69, 9.17) is 4.74 Å². The Bertz CT molecular complexity index is 114. The molecule has 10 heavy (non-hydrogen) atoms. The molecule has 0 bridgehead atoms. The second-order valence-electron chi connectivity index (χ2n) is 3.93. The molecule has 1 saturated carbocycles. The van der Waals surface area contributed by atoms with E-state index in [1.54, 1.807) is 7.11 Å². The zero-order valence-electron chi connectivity index (χ0n) is 7.48. The van der Waals surface area contributed by atoms with Crippen LogP contribution in [0.3, 0.4) is 0 Å². The Kier molecular flexibility index (Phi) is 2.04. The molecule has 0 spiro atoms. The van der Waals surface area contributed by atoms with Crippen molar-refractivity contribution in [1.29, 1.82) is 0 Å². The van der Waals surface area contributed by atoms with Gasteiger partial charge in [0.2, 0.25) is 0 Å². The van der Waals surface area contributed by atoms with E-state index in [1.807, 2.05) is 0 Å². The Hall–Kier alpha value is -0.0400. The zero-order chi connectivity index (χ0) is 7.78. The van der Waals surface area contributed by atoms with Gasteiger partial charge in [0.1, 0.15) is 0 Å². The van der Waals surface area contributed by atoms with Crippen LogP contribution in [0.4, 0.5) is 0 Å². The van der Waals surface area contributed by atoms with Crippen LogP contribution >= 0.6 is 0 Å². The standard InChI is InChI=1S/C9H18O/c1-7(8-5-6-8)9(2,3)10-4/h7-8H,5-6H2,1-4H3. The van der Waals surface area contributed by atoms with Crippen molar-refractivity contribution in [3.8, 4) is 0 Å². The molecule has 0 N–H and O–H groups in total. The Balaban J connectivity index is 2.43. The fourth-order valence-electron chi connectivity index (χ4n) is 1.35. The maximum absolute atomic E-state index is 5.40. The lowest BCUT2D eigenvalue weighted by atomic mass is 9.88. The number of ether oxygens (including phenoxy) is 1. The number of rotatable bonds is 3. The smallest absolute Gasteiger partial charge is 0.0650 e. The lowest BCUT2D eigenvalue weighted by Crippen LogP contribution is -2.32. The summed E-state index contributed by atoms with van der Waals surface area (Å²) in [7, 11) is 1.80. The van der Waals surface area contributed by atoms with Crippen LogP contribution in [0.15, 0.2) is 0 Å². The van der Waals surface area contributed by atoms with E-state index in [9.17, 15) is 0 Å². The van der Waals surface area contributed by atoms with Gasteiger partial charge in [-0.1, -0.05) is 6.92 Å². The average molecular weight is 142 g/mol. The second-order valence-corrected chi connectivity index (χ2v) is 3.93. The molecular formula is C9H18O. The normalized spacial score (nSPS) is 22.8. The van der Waals surface area contributed by atoms with Crippen LogP contribution in [0.5, 0.6) is 0 Å². The van der Waals surface area contributed by atoms with E-state index in [-0.39, 0.29) is 5.60 Å². The van der Waals surface area contributed by atoms with Crippen LogP contribution in [0, 0.1) is 11.8 Å². The highest BCUT2D eigenvalue weighted by Crippen LogP contribution is 2.42. The molecule has 1 rings (SSSR count). The zero-order valence-corrected chi connectivity index (χ0v) is 7.48. The van der Waals surface area contributed by atoms with Gasteiger partial charge in [-0.2, -0.15) is 0 Å². The first-order valence-corrected chi connectivity index (χ1v) is 4.13. The first-order valence-electron chi connectivity index (χ1n) is 4.13. The SMILES string of the molecule is COC(C)(C)C(C)C1CC1. The van der Waals surface area contributed by atoms with Crippen LogP contribution < -0.4 is 0 Å². The van der Waals surface area contributed by atoms with Gasteiger partial charge in [0.15, 0.2) is 0 Å². The van der Waals surface area contributed by atoms with Crippen molar-refractivity contribution in [2.45, 2.75) is 39.2 Å². The summed E-state index contributed by atoms with van der Waals surface area (Å²) in [6.45, 7) is 6.65. The molecule has 0 aromatic heterocycles. The van der Waals surface area contributed by atoms with Crippen LogP contribution in [0.2, 0.25) is 0 Å². The third-order valence-corrected chi connectivity index (χ3v) is 2.95.